The summed E-state index contributed by atoms with van der Waals surface area (Å²) in [6, 6.07) is 9.95. The molecule has 8 nitrogen and oxygen atoms in total. The second-order valence-corrected chi connectivity index (χ2v) is 6.22. The summed E-state index contributed by atoms with van der Waals surface area (Å²) in [5.74, 6) is -1.19. The maximum Gasteiger partial charge on any atom is 0.342 e. The van der Waals surface area contributed by atoms with Crippen molar-refractivity contribution in [2.45, 2.75) is 6.61 Å². The number of halogens is 2. The second-order valence-electron chi connectivity index (χ2n) is 5.30. The molecule has 138 valence electrons. The highest BCUT2D eigenvalue weighted by Crippen LogP contribution is 2.23. The quantitative estimate of drug-likeness (QED) is 0.524. The Kier molecular flexibility index (Phi) is 5.46. The van der Waals surface area contributed by atoms with Gasteiger partial charge in [0.15, 0.2) is 12.4 Å². The van der Waals surface area contributed by atoms with E-state index in [1.807, 2.05) is 0 Å². The Bertz CT molecular complexity index is 985. The minimum absolute atomic E-state index is 0.00364. The molecule has 10 heteroatoms. The van der Waals surface area contributed by atoms with Crippen molar-refractivity contribution in [1.29, 1.82) is 0 Å². The normalized spacial score (nSPS) is 10.4. The SMILES string of the molecule is Nc1nc(COC(=O)c2cc(Br)ccc2O)nc(Nc2ccc(F)cc2)n1. The summed E-state index contributed by atoms with van der Waals surface area (Å²) in [6.07, 6.45) is 0. The molecule has 0 aliphatic rings. The second kappa shape index (κ2) is 7.96. The maximum absolute atomic E-state index is 13.0. The van der Waals surface area contributed by atoms with E-state index in [9.17, 15) is 14.3 Å². The number of nitrogens with two attached hydrogens (primary N) is 1. The molecule has 1 heterocycles. The van der Waals surface area contributed by atoms with Crippen molar-refractivity contribution >= 4 is 39.5 Å². The van der Waals surface area contributed by atoms with Crippen LogP contribution in [0.3, 0.4) is 0 Å². The van der Waals surface area contributed by atoms with Gasteiger partial charge in [-0.05, 0) is 42.5 Å². The van der Waals surface area contributed by atoms with Crippen molar-refractivity contribution in [1.82, 2.24) is 15.0 Å². The number of anilines is 3. The fraction of sp³-hybridized carbons (Fsp3) is 0.0588. The van der Waals surface area contributed by atoms with Crippen LogP contribution in [0.15, 0.2) is 46.9 Å². The zero-order valence-corrected chi connectivity index (χ0v) is 15.3. The molecule has 0 amide bonds. The number of benzene rings is 2. The third-order valence-electron chi connectivity index (χ3n) is 3.31. The average Bonchev–Trinajstić information content (AvgIpc) is 2.63. The van der Waals surface area contributed by atoms with Crippen LogP contribution in [0.4, 0.5) is 22.0 Å². The van der Waals surface area contributed by atoms with E-state index < -0.39 is 5.97 Å². The van der Waals surface area contributed by atoms with Crippen LogP contribution in [0.5, 0.6) is 5.75 Å². The molecule has 0 bridgehead atoms. The number of nitrogens with zero attached hydrogens (tertiary/aromatic N) is 3. The molecule has 0 aliphatic carbocycles. The number of hydrogen-bond donors (Lipinski definition) is 3. The predicted molar refractivity (Wildman–Crippen MR) is 98.8 cm³/mol. The van der Waals surface area contributed by atoms with E-state index in [4.69, 9.17) is 10.5 Å². The van der Waals surface area contributed by atoms with Crippen molar-refractivity contribution in [3.63, 3.8) is 0 Å². The lowest BCUT2D eigenvalue weighted by Gasteiger charge is -2.09. The van der Waals surface area contributed by atoms with E-state index in [0.717, 1.165) is 0 Å². The molecule has 0 saturated heterocycles. The smallest absolute Gasteiger partial charge is 0.342 e. The average molecular weight is 434 g/mol. The Balaban J connectivity index is 1.71. The summed E-state index contributed by atoms with van der Waals surface area (Å²) in [4.78, 5) is 24.1. The zero-order valence-electron chi connectivity index (χ0n) is 13.7. The largest absolute Gasteiger partial charge is 0.507 e. The Hall–Kier alpha value is -3.27. The van der Waals surface area contributed by atoms with E-state index >= 15 is 0 Å². The van der Waals surface area contributed by atoms with Gasteiger partial charge in [-0.3, -0.25) is 0 Å². The predicted octanol–water partition coefficient (Wildman–Crippen LogP) is 3.16. The molecule has 0 aliphatic heterocycles. The number of ether oxygens (including phenoxy) is 1. The van der Waals surface area contributed by atoms with Crippen LogP contribution in [0.2, 0.25) is 0 Å². The first-order valence-electron chi connectivity index (χ1n) is 7.59. The highest BCUT2D eigenvalue weighted by Gasteiger charge is 2.15. The van der Waals surface area contributed by atoms with Gasteiger partial charge in [-0.15, -0.1) is 0 Å². The highest BCUT2D eigenvalue weighted by atomic mass is 79.9. The van der Waals surface area contributed by atoms with Crippen LogP contribution in [0.25, 0.3) is 0 Å². The molecule has 0 saturated carbocycles. The third kappa shape index (κ3) is 4.88. The molecule has 1 aromatic heterocycles. The van der Waals surface area contributed by atoms with Crippen molar-refractivity contribution in [2.24, 2.45) is 0 Å². The van der Waals surface area contributed by atoms with Crippen LogP contribution in [0, 0.1) is 5.82 Å². The summed E-state index contributed by atoms with van der Waals surface area (Å²) in [6.45, 7) is -0.282. The third-order valence-corrected chi connectivity index (χ3v) is 3.80. The number of aromatic nitrogens is 3. The number of carbonyl (C=O) groups excluding carboxylic acids is 1. The zero-order chi connectivity index (χ0) is 19.4. The first kappa shape index (κ1) is 18.5. The molecule has 0 unspecified atom stereocenters. The first-order valence-corrected chi connectivity index (χ1v) is 8.38. The molecule has 3 aromatic rings. The fourth-order valence-corrected chi connectivity index (χ4v) is 2.46. The lowest BCUT2D eigenvalue weighted by Crippen LogP contribution is -2.11. The molecular formula is C17H13BrFN5O3. The molecule has 2 aromatic carbocycles. The van der Waals surface area contributed by atoms with E-state index in [2.05, 4.69) is 36.2 Å². The van der Waals surface area contributed by atoms with E-state index in [0.29, 0.717) is 10.2 Å². The van der Waals surface area contributed by atoms with Gasteiger partial charge in [-0.1, -0.05) is 15.9 Å². The number of phenols is 1. The molecule has 4 N–H and O–H groups in total. The van der Waals surface area contributed by atoms with E-state index in [1.54, 1.807) is 6.07 Å². The van der Waals surface area contributed by atoms with Gasteiger partial charge in [0.2, 0.25) is 11.9 Å². The highest BCUT2D eigenvalue weighted by molar-refractivity contribution is 9.10. The van der Waals surface area contributed by atoms with Gasteiger partial charge in [0, 0.05) is 10.2 Å². The van der Waals surface area contributed by atoms with Crippen LogP contribution < -0.4 is 11.1 Å². The van der Waals surface area contributed by atoms with Crippen LogP contribution >= 0.6 is 15.9 Å². The molecule has 27 heavy (non-hydrogen) atoms. The summed E-state index contributed by atoms with van der Waals surface area (Å²) < 4.78 is 18.7. The van der Waals surface area contributed by atoms with Crippen molar-refractivity contribution in [2.75, 3.05) is 11.1 Å². The minimum Gasteiger partial charge on any atom is -0.507 e. The van der Waals surface area contributed by atoms with Crippen molar-refractivity contribution < 1.29 is 19.0 Å². The van der Waals surface area contributed by atoms with E-state index in [-0.39, 0.29) is 41.5 Å². The molecule has 0 fully saturated rings. The number of rotatable bonds is 5. The number of phenolic OH excluding ortho intramolecular Hbond substituents is 1. The Morgan fingerprint density at radius 1 is 1.19 bits per heavy atom. The van der Waals surface area contributed by atoms with Crippen molar-refractivity contribution in [3.05, 3.63) is 64.1 Å². The summed E-state index contributed by atoms with van der Waals surface area (Å²) in [5.41, 5.74) is 6.19. The van der Waals surface area contributed by atoms with Gasteiger partial charge in [-0.25, -0.2) is 9.18 Å². The van der Waals surface area contributed by atoms with E-state index in [1.165, 1.54) is 36.4 Å². The Labute approximate surface area is 161 Å². The minimum atomic E-state index is -0.749. The standard InChI is InChI=1S/C17H13BrFN5O3/c18-9-1-6-13(25)12(7-9)15(26)27-8-14-22-16(20)24-17(23-14)21-11-4-2-10(19)3-5-11/h1-7,25H,8H2,(H3,20,21,22,23,24). The summed E-state index contributed by atoms with van der Waals surface area (Å²) >= 11 is 3.22. The summed E-state index contributed by atoms with van der Waals surface area (Å²) in [5, 5.41) is 12.6. The molecule has 3 rings (SSSR count). The Morgan fingerprint density at radius 2 is 1.93 bits per heavy atom. The van der Waals surface area contributed by atoms with Gasteiger partial charge in [0.05, 0.1) is 0 Å². The lowest BCUT2D eigenvalue weighted by atomic mass is 10.2. The Morgan fingerprint density at radius 3 is 2.67 bits per heavy atom. The number of hydrogen-bond acceptors (Lipinski definition) is 8. The number of esters is 1. The maximum atomic E-state index is 13.0. The lowest BCUT2D eigenvalue weighted by molar-refractivity contribution is 0.0459. The number of nitrogens with one attached hydrogen (secondary N) is 1. The van der Waals surface area contributed by atoms with Gasteiger partial charge >= 0.3 is 5.97 Å². The number of nitrogen functional groups attached to an aromatic ring is 1. The molecular weight excluding hydrogens is 421 g/mol. The summed E-state index contributed by atoms with van der Waals surface area (Å²) in [7, 11) is 0. The molecule has 0 atom stereocenters. The number of aromatic hydroxyl groups is 1. The topological polar surface area (TPSA) is 123 Å². The molecule has 0 radical (unpaired) electrons. The van der Waals surface area contributed by atoms with Crippen LogP contribution in [0.1, 0.15) is 16.2 Å². The first-order chi connectivity index (χ1) is 12.9. The number of carbonyl (C=O) groups is 1. The van der Waals surface area contributed by atoms with Gasteiger partial charge in [-0.2, -0.15) is 15.0 Å². The van der Waals surface area contributed by atoms with Gasteiger partial charge < -0.3 is 20.9 Å². The van der Waals surface area contributed by atoms with Crippen molar-refractivity contribution in [3.8, 4) is 5.75 Å². The van der Waals surface area contributed by atoms with Gasteiger partial charge in [0.25, 0.3) is 0 Å². The van der Waals surface area contributed by atoms with Crippen LogP contribution in [-0.2, 0) is 11.3 Å². The monoisotopic (exact) mass is 433 g/mol. The molecule has 0 spiro atoms. The van der Waals surface area contributed by atoms with Gasteiger partial charge in [0.1, 0.15) is 17.1 Å². The van der Waals surface area contributed by atoms with Crippen LogP contribution in [-0.4, -0.2) is 26.0 Å². The fourth-order valence-electron chi connectivity index (χ4n) is 2.10.